The third-order valence-corrected chi connectivity index (χ3v) is 4.16. The molecule has 4 nitrogen and oxygen atoms in total. The summed E-state index contributed by atoms with van der Waals surface area (Å²) >= 11 is 0. The SMILES string of the molecule is CCc1ccc(C(C(=O)O)N2CCN(CC)CC2)cc1. The topological polar surface area (TPSA) is 43.8 Å². The molecule has 0 aromatic heterocycles. The first-order valence-corrected chi connectivity index (χ1v) is 7.43. The van der Waals surface area contributed by atoms with E-state index in [0.717, 1.165) is 44.7 Å². The van der Waals surface area contributed by atoms with E-state index in [1.807, 2.05) is 24.3 Å². The molecule has 0 saturated carbocycles. The van der Waals surface area contributed by atoms with Crippen LogP contribution >= 0.6 is 0 Å². The number of benzene rings is 1. The van der Waals surface area contributed by atoms with Crippen LogP contribution in [0.4, 0.5) is 0 Å². The molecule has 0 radical (unpaired) electrons. The zero-order chi connectivity index (χ0) is 14.5. The van der Waals surface area contributed by atoms with Gasteiger partial charge in [-0.2, -0.15) is 0 Å². The van der Waals surface area contributed by atoms with Crippen molar-refractivity contribution in [1.29, 1.82) is 0 Å². The van der Waals surface area contributed by atoms with Crippen molar-refractivity contribution in [3.05, 3.63) is 35.4 Å². The number of aliphatic carboxylic acids is 1. The van der Waals surface area contributed by atoms with Crippen molar-refractivity contribution in [2.45, 2.75) is 26.3 Å². The number of carboxylic acid groups (broad SMARTS) is 1. The lowest BCUT2D eigenvalue weighted by Crippen LogP contribution is -2.49. The van der Waals surface area contributed by atoms with Gasteiger partial charge in [-0.3, -0.25) is 9.69 Å². The summed E-state index contributed by atoms with van der Waals surface area (Å²) in [5.41, 5.74) is 2.13. The fraction of sp³-hybridized carbons (Fsp3) is 0.562. The Morgan fingerprint density at radius 2 is 1.75 bits per heavy atom. The molecule has 0 aliphatic carbocycles. The Morgan fingerprint density at radius 1 is 1.15 bits per heavy atom. The number of hydrogen-bond acceptors (Lipinski definition) is 3. The monoisotopic (exact) mass is 276 g/mol. The first kappa shape index (κ1) is 15.0. The molecule has 2 rings (SSSR count). The van der Waals surface area contributed by atoms with Crippen LogP contribution in [0, 0.1) is 0 Å². The van der Waals surface area contributed by atoms with Crippen molar-refractivity contribution in [2.75, 3.05) is 32.7 Å². The van der Waals surface area contributed by atoms with Crippen molar-refractivity contribution in [1.82, 2.24) is 9.80 Å². The number of aryl methyl sites for hydroxylation is 1. The molecule has 1 aromatic rings. The molecule has 1 N–H and O–H groups in total. The Bertz CT molecular complexity index is 436. The molecule has 1 aliphatic rings. The highest BCUT2D eigenvalue weighted by molar-refractivity contribution is 5.75. The maximum atomic E-state index is 11.6. The van der Waals surface area contributed by atoms with Crippen molar-refractivity contribution >= 4 is 5.97 Å². The molecular formula is C16H24N2O2. The zero-order valence-electron chi connectivity index (χ0n) is 12.4. The van der Waals surface area contributed by atoms with Gasteiger partial charge in [0, 0.05) is 26.2 Å². The first-order valence-electron chi connectivity index (χ1n) is 7.43. The van der Waals surface area contributed by atoms with E-state index in [0.29, 0.717) is 0 Å². The van der Waals surface area contributed by atoms with Crippen LogP contribution in [0.3, 0.4) is 0 Å². The number of carbonyl (C=O) groups is 1. The van der Waals surface area contributed by atoms with Crippen LogP contribution in [0.2, 0.25) is 0 Å². The van der Waals surface area contributed by atoms with Crippen LogP contribution in [-0.2, 0) is 11.2 Å². The Labute approximate surface area is 121 Å². The van der Waals surface area contributed by atoms with Crippen molar-refractivity contribution in [3.8, 4) is 0 Å². The lowest BCUT2D eigenvalue weighted by molar-refractivity contribution is -0.144. The number of carboxylic acids is 1. The summed E-state index contributed by atoms with van der Waals surface area (Å²) in [7, 11) is 0. The van der Waals surface area contributed by atoms with Gasteiger partial charge < -0.3 is 10.0 Å². The number of nitrogens with zero attached hydrogens (tertiary/aromatic N) is 2. The normalized spacial score (nSPS) is 18.9. The molecular weight excluding hydrogens is 252 g/mol. The van der Waals surface area contributed by atoms with E-state index in [9.17, 15) is 9.90 Å². The van der Waals surface area contributed by atoms with Gasteiger partial charge >= 0.3 is 5.97 Å². The second-order valence-electron chi connectivity index (χ2n) is 5.31. The summed E-state index contributed by atoms with van der Waals surface area (Å²) < 4.78 is 0. The lowest BCUT2D eigenvalue weighted by atomic mass is 10.0. The molecule has 1 aliphatic heterocycles. The van der Waals surface area contributed by atoms with E-state index in [1.165, 1.54) is 5.56 Å². The second-order valence-corrected chi connectivity index (χ2v) is 5.31. The van der Waals surface area contributed by atoms with Crippen LogP contribution in [-0.4, -0.2) is 53.6 Å². The predicted molar refractivity (Wildman–Crippen MR) is 79.9 cm³/mol. The molecule has 0 spiro atoms. The molecule has 4 heteroatoms. The summed E-state index contributed by atoms with van der Waals surface area (Å²) in [6.07, 6.45) is 0.979. The number of piperazine rings is 1. The number of rotatable bonds is 5. The van der Waals surface area contributed by atoms with Gasteiger partial charge in [-0.15, -0.1) is 0 Å². The van der Waals surface area contributed by atoms with E-state index in [-0.39, 0.29) is 0 Å². The maximum Gasteiger partial charge on any atom is 0.325 e. The molecule has 1 aromatic carbocycles. The molecule has 0 bridgehead atoms. The summed E-state index contributed by atoms with van der Waals surface area (Å²) in [5.74, 6) is -0.751. The Balaban J connectivity index is 2.12. The zero-order valence-corrected chi connectivity index (χ0v) is 12.4. The van der Waals surface area contributed by atoms with Crippen LogP contribution in [0.1, 0.15) is 31.0 Å². The van der Waals surface area contributed by atoms with Gasteiger partial charge in [-0.25, -0.2) is 0 Å². The second kappa shape index (κ2) is 6.86. The van der Waals surface area contributed by atoms with Crippen LogP contribution in [0.5, 0.6) is 0 Å². The average molecular weight is 276 g/mol. The van der Waals surface area contributed by atoms with Gasteiger partial charge in [-0.05, 0) is 24.1 Å². The molecule has 0 amide bonds. The third-order valence-electron chi connectivity index (χ3n) is 4.16. The molecule has 1 saturated heterocycles. The standard InChI is InChI=1S/C16H24N2O2/c1-3-13-5-7-14(8-6-13)15(16(19)20)18-11-9-17(4-2)10-12-18/h5-8,15H,3-4,9-12H2,1-2H3,(H,19,20). The average Bonchev–Trinajstić information content (AvgIpc) is 2.48. The molecule has 1 heterocycles. The van der Waals surface area contributed by atoms with E-state index < -0.39 is 12.0 Å². The molecule has 1 unspecified atom stereocenters. The van der Waals surface area contributed by atoms with Crippen LogP contribution in [0.15, 0.2) is 24.3 Å². The van der Waals surface area contributed by atoms with Gasteiger partial charge in [0.25, 0.3) is 0 Å². The third kappa shape index (κ3) is 3.38. The predicted octanol–water partition coefficient (Wildman–Crippen LogP) is 2.01. The highest BCUT2D eigenvalue weighted by Gasteiger charge is 2.29. The molecule has 1 atom stereocenters. The van der Waals surface area contributed by atoms with Crippen molar-refractivity contribution < 1.29 is 9.90 Å². The minimum Gasteiger partial charge on any atom is -0.480 e. The van der Waals surface area contributed by atoms with E-state index in [1.54, 1.807) is 0 Å². The largest absolute Gasteiger partial charge is 0.480 e. The minimum absolute atomic E-state index is 0.514. The van der Waals surface area contributed by atoms with Gasteiger partial charge in [-0.1, -0.05) is 38.1 Å². The van der Waals surface area contributed by atoms with Gasteiger partial charge in [0.05, 0.1) is 0 Å². The lowest BCUT2D eigenvalue weighted by Gasteiger charge is -2.37. The van der Waals surface area contributed by atoms with E-state index in [2.05, 4.69) is 23.6 Å². The van der Waals surface area contributed by atoms with Crippen LogP contribution < -0.4 is 0 Å². The summed E-state index contributed by atoms with van der Waals surface area (Å²) in [6, 6.07) is 7.48. The Hall–Kier alpha value is -1.39. The Kier molecular flexibility index (Phi) is 5.15. The number of likely N-dealkylation sites (N-methyl/N-ethyl adjacent to an activating group) is 1. The summed E-state index contributed by atoms with van der Waals surface area (Å²) in [4.78, 5) is 16.1. The number of hydrogen-bond donors (Lipinski definition) is 1. The smallest absolute Gasteiger partial charge is 0.325 e. The molecule has 1 fully saturated rings. The fourth-order valence-electron chi connectivity index (χ4n) is 2.78. The molecule has 20 heavy (non-hydrogen) atoms. The van der Waals surface area contributed by atoms with Crippen molar-refractivity contribution in [2.24, 2.45) is 0 Å². The van der Waals surface area contributed by atoms with Gasteiger partial charge in [0.15, 0.2) is 0 Å². The van der Waals surface area contributed by atoms with Gasteiger partial charge in [0.1, 0.15) is 6.04 Å². The fourth-order valence-corrected chi connectivity index (χ4v) is 2.78. The Morgan fingerprint density at radius 3 is 2.20 bits per heavy atom. The van der Waals surface area contributed by atoms with Gasteiger partial charge in [0.2, 0.25) is 0 Å². The van der Waals surface area contributed by atoms with E-state index in [4.69, 9.17) is 0 Å². The highest BCUT2D eigenvalue weighted by atomic mass is 16.4. The minimum atomic E-state index is -0.751. The highest BCUT2D eigenvalue weighted by Crippen LogP contribution is 2.23. The van der Waals surface area contributed by atoms with Crippen LogP contribution in [0.25, 0.3) is 0 Å². The summed E-state index contributed by atoms with van der Waals surface area (Å²) in [6.45, 7) is 8.83. The molecule has 110 valence electrons. The summed E-state index contributed by atoms with van der Waals surface area (Å²) in [5, 5.41) is 9.57. The first-order chi connectivity index (χ1) is 9.65. The van der Waals surface area contributed by atoms with Crippen molar-refractivity contribution in [3.63, 3.8) is 0 Å². The quantitative estimate of drug-likeness (QED) is 0.893. The van der Waals surface area contributed by atoms with E-state index >= 15 is 0 Å². The maximum absolute atomic E-state index is 11.6.